The van der Waals surface area contributed by atoms with Crippen molar-refractivity contribution in [1.29, 1.82) is 0 Å². The van der Waals surface area contributed by atoms with Crippen molar-refractivity contribution in [1.82, 2.24) is 15.1 Å². The second-order valence-electron chi connectivity index (χ2n) is 7.60. The third-order valence-electron chi connectivity index (χ3n) is 3.99. The van der Waals surface area contributed by atoms with E-state index >= 15 is 0 Å². The van der Waals surface area contributed by atoms with Gasteiger partial charge in [0.05, 0.1) is 0 Å². The molecule has 0 aromatic carbocycles. The van der Waals surface area contributed by atoms with Gasteiger partial charge >= 0.3 is 0 Å². The quantitative estimate of drug-likeness (QED) is 0.630. The van der Waals surface area contributed by atoms with E-state index in [9.17, 15) is 0 Å². The number of likely N-dealkylation sites (N-methyl/N-ethyl adjacent to an activating group) is 1. The number of hydrogen-bond donors (Lipinski definition) is 1. The Hall–Kier alpha value is -0.120. The van der Waals surface area contributed by atoms with Gasteiger partial charge in [0.2, 0.25) is 0 Å². The van der Waals surface area contributed by atoms with E-state index in [1.807, 2.05) is 0 Å². The number of rotatable bonds is 11. The summed E-state index contributed by atoms with van der Waals surface area (Å²) >= 11 is 0. The first-order valence-electron chi connectivity index (χ1n) is 8.29. The summed E-state index contributed by atoms with van der Waals surface area (Å²) < 4.78 is 0. The lowest BCUT2D eigenvalue weighted by atomic mass is 9.84. The van der Waals surface area contributed by atoms with Crippen LogP contribution < -0.4 is 5.32 Å². The zero-order chi connectivity index (χ0) is 15.8. The molecule has 0 amide bonds. The number of hydrogen-bond acceptors (Lipinski definition) is 3. The maximum Gasteiger partial charge on any atom is 0.0109 e. The molecule has 1 unspecified atom stereocenters. The molecule has 0 fully saturated rings. The molecule has 0 radical (unpaired) electrons. The second-order valence-corrected chi connectivity index (χ2v) is 7.60. The summed E-state index contributed by atoms with van der Waals surface area (Å²) in [6, 6.07) is 0.552. The van der Waals surface area contributed by atoms with Gasteiger partial charge in [-0.05, 0) is 45.3 Å². The summed E-state index contributed by atoms with van der Waals surface area (Å²) in [4.78, 5) is 4.91. The monoisotopic (exact) mass is 285 g/mol. The summed E-state index contributed by atoms with van der Waals surface area (Å²) in [6.07, 6.45) is 1.21. The van der Waals surface area contributed by atoms with Crippen molar-refractivity contribution in [2.75, 3.05) is 46.8 Å². The fraction of sp³-hybridized carbons (Fsp3) is 1.00. The first-order valence-corrected chi connectivity index (χ1v) is 8.29. The van der Waals surface area contributed by atoms with Crippen LogP contribution in [0.2, 0.25) is 0 Å². The van der Waals surface area contributed by atoms with Gasteiger partial charge in [0.25, 0.3) is 0 Å². The first-order chi connectivity index (χ1) is 9.19. The van der Waals surface area contributed by atoms with Crippen LogP contribution in [0.1, 0.15) is 48.0 Å². The van der Waals surface area contributed by atoms with Crippen molar-refractivity contribution in [2.24, 2.45) is 11.3 Å². The number of nitrogens with one attached hydrogen (secondary N) is 1. The van der Waals surface area contributed by atoms with Gasteiger partial charge in [-0.25, -0.2) is 0 Å². The molecule has 0 spiro atoms. The first kappa shape index (κ1) is 19.9. The zero-order valence-corrected chi connectivity index (χ0v) is 15.3. The van der Waals surface area contributed by atoms with E-state index in [0.717, 1.165) is 32.1 Å². The van der Waals surface area contributed by atoms with Gasteiger partial charge in [-0.3, -0.25) is 0 Å². The van der Waals surface area contributed by atoms with Crippen LogP contribution in [-0.4, -0.2) is 62.7 Å². The van der Waals surface area contributed by atoms with Gasteiger partial charge in [-0.1, -0.05) is 34.6 Å². The molecule has 122 valence electrons. The molecule has 0 aliphatic heterocycles. The third kappa shape index (κ3) is 8.93. The lowest BCUT2D eigenvalue weighted by Crippen LogP contribution is -2.48. The van der Waals surface area contributed by atoms with Crippen LogP contribution in [0.4, 0.5) is 0 Å². The molecule has 3 heteroatoms. The van der Waals surface area contributed by atoms with E-state index in [-0.39, 0.29) is 0 Å². The molecule has 0 heterocycles. The molecule has 0 saturated heterocycles. The Balaban J connectivity index is 4.50. The normalized spacial score (nSPS) is 14.6. The van der Waals surface area contributed by atoms with E-state index in [0.29, 0.717) is 11.5 Å². The molecule has 0 rings (SSSR count). The lowest BCUT2D eigenvalue weighted by Gasteiger charge is -2.38. The van der Waals surface area contributed by atoms with Crippen LogP contribution >= 0.6 is 0 Å². The Morgan fingerprint density at radius 3 is 2.10 bits per heavy atom. The lowest BCUT2D eigenvalue weighted by molar-refractivity contribution is 0.124. The minimum Gasteiger partial charge on any atom is -0.314 e. The molecule has 0 aliphatic carbocycles. The van der Waals surface area contributed by atoms with E-state index < -0.39 is 0 Å². The van der Waals surface area contributed by atoms with Gasteiger partial charge in [0.1, 0.15) is 0 Å². The highest BCUT2D eigenvalue weighted by molar-refractivity contribution is 4.84. The summed E-state index contributed by atoms with van der Waals surface area (Å²) in [5, 5.41) is 3.66. The fourth-order valence-corrected chi connectivity index (χ4v) is 2.44. The molecule has 0 aliphatic rings. The van der Waals surface area contributed by atoms with Crippen molar-refractivity contribution in [3.8, 4) is 0 Å². The highest BCUT2D eigenvalue weighted by Crippen LogP contribution is 2.22. The van der Waals surface area contributed by atoms with Gasteiger partial charge in [-0.15, -0.1) is 0 Å². The van der Waals surface area contributed by atoms with Crippen LogP contribution in [0.15, 0.2) is 0 Å². The summed E-state index contributed by atoms with van der Waals surface area (Å²) in [6.45, 7) is 19.7. The Morgan fingerprint density at radius 1 is 1.05 bits per heavy atom. The molecular formula is C17H39N3. The van der Waals surface area contributed by atoms with E-state index in [4.69, 9.17) is 0 Å². The Bertz CT molecular complexity index is 236. The minimum absolute atomic E-state index is 0.302. The summed E-state index contributed by atoms with van der Waals surface area (Å²) in [5.41, 5.74) is 0.302. The van der Waals surface area contributed by atoms with Crippen molar-refractivity contribution in [2.45, 2.75) is 54.0 Å². The highest BCUT2D eigenvalue weighted by atomic mass is 15.2. The Labute approximate surface area is 128 Å². The standard InChI is InChI=1S/C17H39N3/c1-9-10-18-16(4)17(5,6)14-20(13-15(2)3)12-11-19(7)8/h15-16,18H,9-14H2,1-8H3. The molecule has 0 aromatic rings. The van der Waals surface area contributed by atoms with Crippen molar-refractivity contribution in [3.63, 3.8) is 0 Å². The van der Waals surface area contributed by atoms with Crippen LogP contribution in [0.3, 0.4) is 0 Å². The maximum atomic E-state index is 3.66. The third-order valence-corrected chi connectivity index (χ3v) is 3.99. The Morgan fingerprint density at radius 2 is 1.65 bits per heavy atom. The maximum absolute atomic E-state index is 3.66. The van der Waals surface area contributed by atoms with E-state index in [1.54, 1.807) is 0 Å². The minimum atomic E-state index is 0.302. The molecule has 1 N–H and O–H groups in total. The molecule has 20 heavy (non-hydrogen) atoms. The molecule has 0 bridgehead atoms. The van der Waals surface area contributed by atoms with Crippen molar-refractivity contribution >= 4 is 0 Å². The Kier molecular flexibility index (Phi) is 9.69. The summed E-state index contributed by atoms with van der Waals surface area (Å²) in [5.74, 6) is 0.729. The van der Waals surface area contributed by atoms with Crippen molar-refractivity contribution in [3.05, 3.63) is 0 Å². The van der Waals surface area contributed by atoms with Crippen LogP contribution in [0.25, 0.3) is 0 Å². The second kappa shape index (κ2) is 9.75. The predicted molar refractivity (Wildman–Crippen MR) is 91.4 cm³/mol. The molecule has 1 atom stereocenters. The largest absolute Gasteiger partial charge is 0.314 e. The summed E-state index contributed by atoms with van der Waals surface area (Å²) in [7, 11) is 4.31. The smallest absolute Gasteiger partial charge is 0.0109 e. The predicted octanol–water partition coefficient (Wildman–Crippen LogP) is 2.92. The highest BCUT2D eigenvalue weighted by Gasteiger charge is 2.28. The molecule has 0 aromatic heterocycles. The van der Waals surface area contributed by atoms with Gasteiger partial charge in [0, 0.05) is 32.2 Å². The van der Waals surface area contributed by atoms with Crippen LogP contribution in [0, 0.1) is 11.3 Å². The average molecular weight is 286 g/mol. The van der Waals surface area contributed by atoms with Gasteiger partial charge in [-0.2, -0.15) is 0 Å². The van der Waals surface area contributed by atoms with Crippen LogP contribution in [-0.2, 0) is 0 Å². The fourth-order valence-electron chi connectivity index (χ4n) is 2.44. The van der Waals surface area contributed by atoms with Gasteiger partial charge in [0.15, 0.2) is 0 Å². The number of nitrogens with zero attached hydrogens (tertiary/aromatic N) is 2. The average Bonchev–Trinajstić information content (AvgIpc) is 2.31. The SMILES string of the molecule is CCCNC(C)C(C)(C)CN(CCN(C)C)CC(C)C. The zero-order valence-electron chi connectivity index (χ0n) is 15.3. The van der Waals surface area contributed by atoms with E-state index in [1.165, 1.54) is 13.0 Å². The van der Waals surface area contributed by atoms with Gasteiger partial charge < -0.3 is 15.1 Å². The van der Waals surface area contributed by atoms with Crippen molar-refractivity contribution < 1.29 is 0 Å². The molecule has 3 nitrogen and oxygen atoms in total. The topological polar surface area (TPSA) is 18.5 Å². The van der Waals surface area contributed by atoms with E-state index in [2.05, 4.69) is 70.8 Å². The molecular weight excluding hydrogens is 246 g/mol. The van der Waals surface area contributed by atoms with Crippen LogP contribution in [0.5, 0.6) is 0 Å². The molecule has 0 saturated carbocycles.